The van der Waals surface area contributed by atoms with Crippen molar-refractivity contribution in [3.05, 3.63) is 17.7 Å². The van der Waals surface area contributed by atoms with Crippen molar-refractivity contribution in [2.75, 3.05) is 0 Å². The molecule has 0 aliphatic rings. The van der Waals surface area contributed by atoms with Crippen LogP contribution in [-0.2, 0) is 9.59 Å². The zero-order chi connectivity index (χ0) is 12.1. The summed E-state index contributed by atoms with van der Waals surface area (Å²) in [5.41, 5.74) is -0.403. The van der Waals surface area contributed by atoms with Gasteiger partial charge in [0.05, 0.1) is 12.0 Å². The maximum Gasteiger partial charge on any atom is 0.354 e. The SMILES string of the molecule is O=CNC(c1nc[nH]c1C(=O)O)C(O)C=O. The van der Waals surface area contributed by atoms with Crippen LogP contribution in [0.25, 0.3) is 0 Å². The summed E-state index contributed by atoms with van der Waals surface area (Å²) in [5, 5.41) is 20.2. The van der Waals surface area contributed by atoms with Crippen LogP contribution in [0.3, 0.4) is 0 Å². The number of amides is 1. The van der Waals surface area contributed by atoms with Gasteiger partial charge in [-0.05, 0) is 0 Å². The van der Waals surface area contributed by atoms with Crippen LogP contribution in [0, 0.1) is 0 Å². The molecule has 1 aromatic rings. The highest BCUT2D eigenvalue weighted by molar-refractivity contribution is 5.87. The number of aldehydes is 1. The molecule has 0 spiro atoms. The summed E-state index contributed by atoms with van der Waals surface area (Å²) in [4.78, 5) is 37.4. The average Bonchev–Trinajstić information content (AvgIpc) is 2.73. The molecule has 16 heavy (non-hydrogen) atoms. The molecule has 4 N–H and O–H groups in total. The number of carboxylic acid groups (broad SMARTS) is 1. The van der Waals surface area contributed by atoms with E-state index in [9.17, 15) is 19.5 Å². The number of nitrogens with one attached hydrogen (secondary N) is 2. The number of imidazole rings is 1. The molecular weight excluding hydrogens is 218 g/mol. The first kappa shape index (κ1) is 11.9. The second-order valence-corrected chi connectivity index (χ2v) is 2.86. The highest BCUT2D eigenvalue weighted by Crippen LogP contribution is 2.16. The number of carbonyl (C=O) groups excluding carboxylic acids is 2. The van der Waals surface area contributed by atoms with Gasteiger partial charge in [0.2, 0.25) is 6.41 Å². The van der Waals surface area contributed by atoms with Gasteiger partial charge in [-0.1, -0.05) is 0 Å². The number of aliphatic hydroxyl groups excluding tert-OH is 1. The number of rotatable bonds is 6. The second kappa shape index (κ2) is 5.03. The topological polar surface area (TPSA) is 132 Å². The highest BCUT2D eigenvalue weighted by atomic mass is 16.4. The number of carbonyl (C=O) groups is 3. The van der Waals surface area contributed by atoms with Gasteiger partial charge in [0.15, 0.2) is 6.29 Å². The van der Waals surface area contributed by atoms with Crippen molar-refractivity contribution in [3.8, 4) is 0 Å². The summed E-state index contributed by atoms with van der Waals surface area (Å²) >= 11 is 0. The number of aromatic nitrogens is 2. The molecule has 86 valence electrons. The van der Waals surface area contributed by atoms with E-state index in [0.717, 1.165) is 6.33 Å². The Kier molecular flexibility index (Phi) is 3.72. The third-order valence-corrected chi connectivity index (χ3v) is 1.91. The van der Waals surface area contributed by atoms with Crippen LogP contribution >= 0.6 is 0 Å². The minimum Gasteiger partial charge on any atom is -0.477 e. The number of nitrogens with zero attached hydrogens (tertiary/aromatic N) is 1. The molecule has 0 fully saturated rings. The lowest BCUT2D eigenvalue weighted by Crippen LogP contribution is -2.33. The Balaban J connectivity index is 3.09. The number of carboxylic acids is 1. The predicted molar refractivity (Wildman–Crippen MR) is 49.6 cm³/mol. The molecule has 0 saturated carbocycles. The van der Waals surface area contributed by atoms with E-state index in [1.807, 2.05) is 0 Å². The molecule has 1 heterocycles. The molecule has 1 rings (SSSR count). The van der Waals surface area contributed by atoms with Gasteiger partial charge in [0.25, 0.3) is 0 Å². The van der Waals surface area contributed by atoms with Gasteiger partial charge >= 0.3 is 5.97 Å². The Morgan fingerprint density at radius 2 is 2.25 bits per heavy atom. The maximum atomic E-state index is 10.7. The maximum absolute atomic E-state index is 10.7. The summed E-state index contributed by atoms with van der Waals surface area (Å²) < 4.78 is 0. The summed E-state index contributed by atoms with van der Waals surface area (Å²) in [5.74, 6) is -1.30. The molecule has 2 unspecified atom stereocenters. The van der Waals surface area contributed by atoms with Gasteiger partial charge in [0, 0.05) is 0 Å². The molecule has 1 amide bonds. The van der Waals surface area contributed by atoms with E-state index in [-0.39, 0.29) is 24.1 Å². The number of aromatic amines is 1. The van der Waals surface area contributed by atoms with E-state index in [4.69, 9.17) is 5.11 Å². The van der Waals surface area contributed by atoms with Crippen LogP contribution in [0.1, 0.15) is 22.2 Å². The molecule has 1 aromatic heterocycles. The summed E-state index contributed by atoms with van der Waals surface area (Å²) in [6.07, 6.45) is -0.0405. The molecule has 0 aromatic carbocycles. The second-order valence-electron chi connectivity index (χ2n) is 2.86. The first-order valence-corrected chi connectivity index (χ1v) is 4.21. The molecule has 0 saturated heterocycles. The zero-order valence-corrected chi connectivity index (χ0v) is 7.95. The van der Waals surface area contributed by atoms with Gasteiger partial charge < -0.3 is 25.3 Å². The molecule has 0 aliphatic carbocycles. The quantitative estimate of drug-likeness (QED) is 0.435. The van der Waals surface area contributed by atoms with E-state index >= 15 is 0 Å². The van der Waals surface area contributed by atoms with Gasteiger partial charge in [-0.15, -0.1) is 0 Å². The summed E-state index contributed by atoms with van der Waals surface area (Å²) in [6.45, 7) is 0. The number of hydrogen-bond acceptors (Lipinski definition) is 5. The average molecular weight is 227 g/mol. The third kappa shape index (κ3) is 2.23. The Morgan fingerprint density at radius 3 is 2.75 bits per heavy atom. The van der Waals surface area contributed by atoms with Crippen molar-refractivity contribution in [2.24, 2.45) is 0 Å². The summed E-state index contributed by atoms with van der Waals surface area (Å²) in [6, 6.07) is -1.19. The summed E-state index contributed by atoms with van der Waals surface area (Å²) in [7, 11) is 0. The van der Waals surface area contributed by atoms with Gasteiger partial charge in [-0.25, -0.2) is 9.78 Å². The number of H-pyrrole nitrogens is 1. The monoisotopic (exact) mass is 227 g/mol. The van der Waals surface area contributed by atoms with Crippen molar-refractivity contribution < 1.29 is 24.6 Å². The van der Waals surface area contributed by atoms with Crippen LogP contribution in [0.5, 0.6) is 0 Å². The lowest BCUT2D eigenvalue weighted by Gasteiger charge is -2.16. The number of hydrogen-bond donors (Lipinski definition) is 4. The molecule has 8 heteroatoms. The molecule has 8 nitrogen and oxygen atoms in total. The Hall–Kier alpha value is -2.22. The predicted octanol–water partition coefficient (Wildman–Crippen LogP) is -1.55. The standard InChI is InChI=1S/C8H9N3O5/c12-1-4(14)5(11-3-13)6-7(8(15)16)10-2-9-6/h1-5,14H,(H,9,10)(H,11,13)(H,15,16). The normalized spacial score (nSPS) is 13.8. The Labute approximate surface area is 89.3 Å². The third-order valence-electron chi connectivity index (χ3n) is 1.91. The van der Waals surface area contributed by atoms with E-state index in [2.05, 4.69) is 15.3 Å². The van der Waals surface area contributed by atoms with Gasteiger partial charge in [-0.2, -0.15) is 0 Å². The van der Waals surface area contributed by atoms with E-state index in [0.29, 0.717) is 0 Å². The molecule has 0 bridgehead atoms. The fourth-order valence-electron chi connectivity index (χ4n) is 1.20. The lowest BCUT2D eigenvalue weighted by atomic mass is 10.1. The van der Waals surface area contributed by atoms with Crippen LogP contribution < -0.4 is 5.32 Å². The van der Waals surface area contributed by atoms with E-state index in [1.54, 1.807) is 0 Å². The molecule has 2 atom stereocenters. The minimum absolute atomic E-state index is 0.112. The smallest absolute Gasteiger partial charge is 0.354 e. The Morgan fingerprint density at radius 1 is 1.56 bits per heavy atom. The first-order chi connectivity index (χ1) is 7.61. The van der Waals surface area contributed by atoms with Crippen molar-refractivity contribution in [1.29, 1.82) is 0 Å². The van der Waals surface area contributed by atoms with Crippen LogP contribution in [0.4, 0.5) is 0 Å². The van der Waals surface area contributed by atoms with Gasteiger partial charge in [0.1, 0.15) is 17.8 Å². The number of aliphatic hydroxyl groups is 1. The minimum atomic E-state index is -1.56. The highest BCUT2D eigenvalue weighted by Gasteiger charge is 2.27. The largest absolute Gasteiger partial charge is 0.477 e. The number of aromatic carboxylic acids is 1. The Bertz CT molecular complexity index is 402. The molecule has 0 radical (unpaired) electrons. The lowest BCUT2D eigenvalue weighted by molar-refractivity contribution is -0.117. The van der Waals surface area contributed by atoms with E-state index < -0.39 is 18.1 Å². The fraction of sp³-hybridized carbons (Fsp3) is 0.250. The van der Waals surface area contributed by atoms with Crippen LogP contribution in [0.2, 0.25) is 0 Å². The van der Waals surface area contributed by atoms with Crippen molar-refractivity contribution in [2.45, 2.75) is 12.1 Å². The van der Waals surface area contributed by atoms with Crippen LogP contribution in [-0.4, -0.2) is 45.0 Å². The molecular formula is C8H9N3O5. The zero-order valence-electron chi connectivity index (χ0n) is 7.95. The van der Waals surface area contributed by atoms with Crippen LogP contribution in [0.15, 0.2) is 6.33 Å². The van der Waals surface area contributed by atoms with Crippen molar-refractivity contribution in [1.82, 2.24) is 15.3 Å². The van der Waals surface area contributed by atoms with Crippen molar-refractivity contribution >= 4 is 18.7 Å². The van der Waals surface area contributed by atoms with Crippen molar-refractivity contribution in [3.63, 3.8) is 0 Å². The van der Waals surface area contributed by atoms with Gasteiger partial charge in [-0.3, -0.25) is 4.79 Å². The first-order valence-electron chi connectivity index (χ1n) is 4.21. The molecule has 0 aliphatic heterocycles. The fourth-order valence-corrected chi connectivity index (χ4v) is 1.20. The van der Waals surface area contributed by atoms with E-state index in [1.165, 1.54) is 0 Å².